The number of alkyl halides is 3. The van der Waals surface area contributed by atoms with Crippen LogP contribution in [0.2, 0.25) is 0 Å². The topological polar surface area (TPSA) is 56.1 Å². The largest absolute Gasteiger partial charge is 0.420 e. The number of hydrazone groups is 1. The molecule has 1 aromatic rings. The average Bonchev–Trinajstić information content (AvgIpc) is 2.90. The normalized spacial score (nSPS) is 22.7. The first-order valence-electron chi connectivity index (χ1n) is 6.96. The van der Waals surface area contributed by atoms with E-state index in [-0.39, 0.29) is 12.0 Å². The highest BCUT2D eigenvalue weighted by Gasteiger charge is 2.62. The van der Waals surface area contributed by atoms with E-state index >= 15 is 0 Å². The van der Waals surface area contributed by atoms with Crippen LogP contribution in [0.15, 0.2) is 23.3 Å². The molecule has 1 fully saturated rings. The summed E-state index contributed by atoms with van der Waals surface area (Å²) in [6.07, 6.45) is -3.34. The average molecular weight is 349 g/mol. The summed E-state index contributed by atoms with van der Waals surface area (Å²) in [4.78, 5) is 13.0. The Morgan fingerprint density at radius 3 is 2.33 bits per heavy atom. The van der Waals surface area contributed by atoms with Gasteiger partial charge < -0.3 is 10.0 Å². The Morgan fingerprint density at radius 1 is 1.21 bits per heavy atom. The molecular weight excluding hydrogens is 337 g/mol. The molecule has 24 heavy (non-hydrogen) atoms. The van der Waals surface area contributed by atoms with Crippen LogP contribution >= 0.6 is 0 Å². The minimum Gasteiger partial charge on any atom is -0.378 e. The number of urea groups is 1. The van der Waals surface area contributed by atoms with E-state index in [1.165, 1.54) is 6.21 Å². The summed E-state index contributed by atoms with van der Waals surface area (Å²) in [5.41, 5.74) is -2.79. The van der Waals surface area contributed by atoms with E-state index in [1.54, 1.807) is 0 Å². The Balaban J connectivity index is 1.75. The van der Waals surface area contributed by atoms with Crippen molar-refractivity contribution < 1.29 is 31.9 Å². The van der Waals surface area contributed by atoms with Gasteiger partial charge in [-0.15, -0.1) is 0 Å². The van der Waals surface area contributed by atoms with Crippen LogP contribution in [-0.2, 0) is 0 Å². The molecule has 2 amide bonds. The van der Waals surface area contributed by atoms with Gasteiger partial charge in [-0.3, -0.25) is 0 Å². The molecule has 1 N–H and O–H groups in total. The highest BCUT2D eigenvalue weighted by molar-refractivity contribution is 5.79. The summed E-state index contributed by atoms with van der Waals surface area (Å²) in [6, 6.07) is 1.05. The second kappa shape index (κ2) is 5.40. The lowest BCUT2D eigenvalue weighted by atomic mass is 9.94. The first-order chi connectivity index (χ1) is 11.1. The molecule has 2 aliphatic rings. The van der Waals surface area contributed by atoms with Crippen LogP contribution in [0.25, 0.3) is 0 Å². The van der Waals surface area contributed by atoms with Crippen LogP contribution in [-0.4, -0.2) is 52.1 Å². The van der Waals surface area contributed by atoms with E-state index in [1.807, 2.05) is 0 Å². The molecule has 2 heterocycles. The number of halogens is 5. The maximum atomic E-state index is 13.3. The summed E-state index contributed by atoms with van der Waals surface area (Å²) >= 11 is 0. The lowest BCUT2D eigenvalue weighted by Gasteiger charge is -2.47. The minimum atomic E-state index is -4.84. The third-order valence-corrected chi connectivity index (χ3v) is 4.00. The number of amides is 2. The fourth-order valence-corrected chi connectivity index (χ4v) is 2.69. The van der Waals surface area contributed by atoms with E-state index < -0.39 is 48.6 Å². The molecule has 130 valence electrons. The predicted octanol–water partition coefficient (Wildman–Crippen LogP) is 2.43. The molecule has 0 aromatic heterocycles. The van der Waals surface area contributed by atoms with Crippen molar-refractivity contribution in [2.75, 3.05) is 13.1 Å². The smallest absolute Gasteiger partial charge is 0.378 e. The van der Waals surface area contributed by atoms with Gasteiger partial charge in [0.1, 0.15) is 11.6 Å². The summed E-state index contributed by atoms with van der Waals surface area (Å²) in [6.45, 7) is -1.82. The van der Waals surface area contributed by atoms with Gasteiger partial charge in [-0.05, 0) is 17.7 Å². The van der Waals surface area contributed by atoms with E-state index in [9.17, 15) is 31.9 Å². The van der Waals surface area contributed by atoms with Crippen molar-refractivity contribution in [2.45, 2.75) is 24.2 Å². The van der Waals surface area contributed by atoms with Crippen molar-refractivity contribution in [1.82, 2.24) is 9.91 Å². The molecule has 5 nitrogen and oxygen atoms in total. The number of aliphatic hydroxyl groups is 1. The van der Waals surface area contributed by atoms with E-state index in [2.05, 4.69) is 5.10 Å². The maximum absolute atomic E-state index is 13.3. The second-order valence-corrected chi connectivity index (χ2v) is 5.76. The highest BCUT2D eigenvalue weighted by atomic mass is 19.4. The molecule has 1 saturated heterocycles. The zero-order valence-corrected chi connectivity index (χ0v) is 12.1. The summed E-state index contributed by atoms with van der Waals surface area (Å²) in [7, 11) is 0. The van der Waals surface area contributed by atoms with Crippen molar-refractivity contribution in [1.29, 1.82) is 0 Å². The number of likely N-dealkylation sites (tertiary alicyclic amines) is 1. The molecule has 10 heteroatoms. The van der Waals surface area contributed by atoms with Gasteiger partial charge in [-0.25, -0.2) is 18.6 Å². The molecule has 1 aromatic carbocycles. The molecule has 3 rings (SSSR count). The van der Waals surface area contributed by atoms with Gasteiger partial charge in [0.15, 0.2) is 5.60 Å². The second-order valence-electron chi connectivity index (χ2n) is 5.76. The van der Waals surface area contributed by atoms with Crippen LogP contribution in [0.1, 0.15) is 18.0 Å². The Hall–Kier alpha value is -2.23. The number of carbonyl (C=O) groups excluding carboxylic acids is 1. The summed E-state index contributed by atoms with van der Waals surface area (Å²) in [5, 5.41) is 14.0. The van der Waals surface area contributed by atoms with Gasteiger partial charge >= 0.3 is 12.2 Å². The number of rotatable bonds is 1. The molecular formula is C14H12F5N3O2. The maximum Gasteiger partial charge on any atom is 0.420 e. The molecule has 2 aliphatic heterocycles. The lowest BCUT2D eigenvalue weighted by molar-refractivity contribution is -0.294. The van der Waals surface area contributed by atoms with Gasteiger partial charge in [0, 0.05) is 18.7 Å². The number of nitrogens with zero attached hydrogens (tertiary/aromatic N) is 3. The Labute approximate surface area is 133 Å². The van der Waals surface area contributed by atoms with Gasteiger partial charge in [-0.2, -0.15) is 18.3 Å². The van der Waals surface area contributed by atoms with Crippen LogP contribution in [0, 0.1) is 11.6 Å². The number of carbonyl (C=O) groups is 1. The molecule has 0 saturated carbocycles. The first-order valence-corrected chi connectivity index (χ1v) is 6.96. The number of hydrogen-bond acceptors (Lipinski definition) is 3. The SMILES string of the molecule is O=C(N1CC(O)(C(F)(F)F)C1)N1N=CCC1c1cc(F)cc(F)c1. The quantitative estimate of drug-likeness (QED) is 0.792. The first kappa shape index (κ1) is 16.6. The van der Waals surface area contributed by atoms with Crippen molar-refractivity contribution in [3.8, 4) is 0 Å². The van der Waals surface area contributed by atoms with Crippen LogP contribution < -0.4 is 0 Å². The Morgan fingerprint density at radius 2 is 1.79 bits per heavy atom. The van der Waals surface area contributed by atoms with Crippen LogP contribution in [0.3, 0.4) is 0 Å². The van der Waals surface area contributed by atoms with E-state index in [4.69, 9.17) is 0 Å². The summed E-state index contributed by atoms with van der Waals surface area (Å²) in [5.74, 6) is -1.67. The van der Waals surface area contributed by atoms with Crippen molar-refractivity contribution in [3.63, 3.8) is 0 Å². The number of benzene rings is 1. The van der Waals surface area contributed by atoms with Gasteiger partial charge in [0.2, 0.25) is 0 Å². The number of hydrogen-bond donors (Lipinski definition) is 1. The molecule has 1 atom stereocenters. The van der Waals surface area contributed by atoms with Crippen LogP contribution in [0.4, 0.5) is 26.7 Å². The summed E-state index contributed by atoms with van der Waals surface area (Å²) < 4.78 is 64.5. The molecule has 0 bridgehead atoms. The highest BCUT2D eigenvalue weighted by Crippen LogP contribution is 2.39. The third kappa shape index (κ3) is 2.70. The molecule has 0 spiro atoms. The van der Waals surface area contributed by atoms with Gasteiger partial charge in [0.25, 0.3) is 0 Å². The monoisotopic (exact) mass is 349 g/mol. The van der Waals surface area contributed by atoms with Crippen molar-refractivity contribution >= 4 is 12.2 Å². The molecule has 0 radical (unpaired) electrons. The fourth-order valence-electron chi connectivity index (χ4n) is 2.69. The predicted molar refractivity (Wildman–Crippen MR) is 72.0 cm³/mol. The third-order valence-electron chi connectivity index (χ3n) is 4.00. The Bertz CT molecular complexity index is 680. The number of β-amino-alcohol motifs (C(OH)–C–C–N with tert-alkyl or cyclic N) is 1. The lowest BCUT2D eigenvalue weighted by Crippen LogP contribution is -2.71. The zero-order valence-electron chi connectivity index (χ0n) is 12.1. The van der Waals surface area contributed by atoms with Crippen LogP contribution in [0.5, 0.6) is 0 Å². The van der Waals surface area contributed by atoms with E-state index in [0.717, 1.165) is 22.0 Å². The minimum absolute atomic E-state index is 0.143. The Kier molecular flexibility index (Phi) is 3.74. The zero-order chi connectivity index (χ0) is 17.7. The van der Waals surface area contributed by atoms with Crippen molar-refractivity contribution in [2.24, 2.45) is 5.10 Å². The molecule has 0 aliphatic carbocycles. The standard InChI is InChI=1S/C14H12F5N3O2/c15-9-3-8(4-10(16)5-9)11-1-2-20-22(11)12(23)21-6-13(24,7-21)14(17,18)19/h2-5,11,24H,1,6-7H2. The van der Waals surface area contributed by atoms with Crippen molar-refractivity contribution in [3.05, 3.63) is 35.4 Å². The molecule has 1 unspecified atom stereocenters. The van der Waals surface area contributed by atoms with E-state index in [0.29, 0.717) is 6.07 Å². The van der Waals surface area contributed by atoms with Gasteiger partial charge in [-0.1, -0.05) is 0 Å². The fraction of sp³-hybridized carbons (Fsp3) is 0.429. The van der Waals surface area contributed by atoms with Gasteiger partial charge in [0.05, 0.1) is 19.1 Å².